The van der Waals surface area contributed by atoms with E-state index in [4.69, 9.17) is 14.0 Å². The van der Waals surface area contributed by atoms with Crippen molar-refractivity contribution in [3.05, 3.63) is 0 Å². The van der Waals surface area contributed by atoms with Crippen LogP contribution in [0.2, 0.25) is 0 Å². The van der Waals surface area contributed by atoms with Crippen LogP contribution >= 0.6 is 0 Å². The summed E-state index contributed by atoms with van der Waals surface area (Å²) in [5, 5.41) is 19.4. The average molecular weight is 435 g/mol. The molecule has 2 fully saturated rings. The summed E-state index contributed by atoms with van der Waals surface area (Å²) in [5.41, 5.74) is 0. The van der Waals surface area contributed by atoms with Gasteiger partial charge in [-0.2, -0.15) is 8.42 Å². The van der Waals surface area contributed by atoms with Gasteiger partial charge in [0.05, 0.1) is 12.4 Å². The molecule has 9 heteroatoms. The Kier molecular flexibility index (Phi) is 9.06. The molecule has 2 aliphatic rings. The third-order valence-electron chi connectivity index (χ3n) is 6.05. The number of Topliss-reactive ketones (excluding diaryl/α,β-unsaturated/α-hetero) is 1. The van der Waals surface area contributed by atoms with Gasteiger partial charge in [0.15, 0.2) is 0 Å². The normalized spacial score (nSPS) is 28.2. The molecule has 8 nitrogen and oxygen atoms in total. The van der Waals surface area contributed by atoms with Gasteiger partial charge in [0.1, 0.15) is 18.5 Å². The van der Waals surface area contributed by atoms with Gasteiger partial charge in [-0.15, -0.1) is 0 Å². The van der Waals surface area contributed by atoms with Crippen molar-refractivity contribution in [3.8, 4) is 0 Å². The van der Waals surface area contributed by atoms with E-state index in [-0.39, 0.29) is 36.1 Å². The number of rotatable bonds is 15. The first kappa shape index (κ1) is 24.2. The molecule has 0 heterocycles. The maximum Gasteiger partial charge on any atom is 0.329 e. The van der Waals surface area contributed by atoms with Crippen LogP contribution in [0.25, 0.3) is 0 Å². The number of hydrogen-bond donors (Lipinski definition) is 2. The minimum absolute atomic E-state index is 0.0886. The van der Waals surface area contributed by atoms with Crippen molar-refractivity contribution in [2.75, 3.05) is 19.5 Å². The first-order valence-corrected chi connectivity index (χ1v) is 12.4. The number of carboxylic acid groups (broad SMARTS) is 1. The Morgan fingerprint density at radius 1 is 1.24 bits per heavy atom. The number of unbranched alkanes of at least 4 members (excludes halogenated alkanes) is 3. The van der Waals surface area contributed by atoms with Crippen molar-refractivity contribution in [1.29, 1.82) is 0 Å². The molecule has 29 heavy (non-hydrogen) atoms. The van der Waals surface area contributed by atoms with Crippen molar-refractivity contribution in [1.82, 2.24) is 0 Å². The lowest BCUT2D eigenvalue weighted by Crippen LogP contribution is -2.35. The first-order chi connectivity index (χ1) is 13.7. The van der Waals surface area contributed by atoms with Gasteiger partial charge in [-0.05, 0) is 37.0 Å². The summed E-state index contributed by atoms with van der Waals surface area (Å²) < 4.78 is 33.4. The topological polar surface area (TPSA) is 127 Å². The summed E-state index contributed by atoms with van der Waals surface area (Å²) in [5.74, 6) is -0.792. The molecular weight excluding hydrogens is 400 g/mol. The van der Waals surface area contributed by atoms with E-state index in [1.54, 1.807) is 0 Å². The molecule has 6 atom stereocenters. The summed E-state index contributed by atoms with van der Waals surface area (Å²) >= 11 is 0. The van der Waals surface area contributed by atoms with Gasteiger partial charge in [0.2, 0.25) is 0 Å². The number of aliphatic carboxylic acids is 1. The van der Waals surface area contributed by atoms with Crippen LogP contribution in [0.5, 0.6) is 0 Å². The van der Waals surface area contributed by atoms with Gasteiger partial charge in [0, 0.05) is 18.9 Å². The number of aliphatic hydroxyl groups excluding tert-OH is 1. The smallest absolute Gasteiger partial charge is 0.329 e. The molecule has 0 aromatic heterocycles. The molecule has 2 N–H and O–H groups in total. The number of carbonyl (C=O) groups is 2. The van der Waals surface area contributed by atoms with Gasteiger partial charge in [-0.25, -0.2) is 4.79 Å². The number of carbonyl (C=O) groups excluding carboxylic acids is 1. The highest BCUT2D eigenvalue weighted by Gasteiger charge is 2.64. The van der Waals surface area contributed by atoms with E-state index >= 15 is 0 Å². The van der Waals surface area contributed by atoms with E-state index < -0.39 is 28.3 Å². The van der Waals surface area contributed by atoms with Crippen LogP contribution in [-0.4, -0.2) is 62.1 Å². The lowest BCUT2D eigenvalue weighted by Gasteiger charge is -2.24. The summed E-state index contributed by atoms with van der Waals surface area (Å²) in [6, 6.07) is 0. The predicted octanol–water partition coefficient (Wildman–Crippen LogP) is 2.00. The lowest BCUT2D eigenvalue weighted by atomic mass is 9.89. The van der Waals surface area contributed by atoms with E-state index in [1.165, 1.54) is 0 Å². The highest BCUT2D eigenvalue weighted by molar-refractivity contribution is 7.86. The fourth-order valence-electron chi connectivity index (χ4n) is 4.77. The monoisotopic (exact) mass is 434 g/mol. The number of carboxylic acids is 1. The molecule has 0 aliphatic heterocycles. The second-order valence-corrected chi connectivity index (χ2v) is 9.96. The number of ether oxygens (including phenoxy) is 1. The third kappa shape index (κ3) is 7.31. The Morgan fingerprint density at radius 3 is 2.59 bits per heavy atom. The Hall–Kier alpha value is -1.03. The van der Waals surface area contributed by atoms with Crippen molar-refractivity contribution in [2.24, 2.45) is 23.7 Å². The molecule has 0 saturated heterocycles. The van der Waals surface area contributed by atoms with Gasteiger partial charge in [-0.1, -0.05) is 32.6 Å². The van der Waals surface area contributed by atoms with Crippen LogP contribution in [-0.2, 0) is 28.6 Å². The number of fused-ring (bicyclic) bond motifs is 1. The van der Waals surface area contributed by atoms with Crippen molar-refractivity contribution < 1.29 is 37.1 Å². The molecule has 0 spiro atoms. The van der Waals surface area contributed by atoms with Crippen LogP contribution in [0.15, 0.2) is 0 Å². The Morgan fingerprint density at radius 2 is 1.97 bits per heavy atom. The third-order valence-corrected chi connectivity index (χ3v) is 6.65. The first-order valence-electron chi connectivity index (χ1n) is 10.5. The zero-order valence-electron chi connectivity index (χ0n) is 17.3. The van der Waals surface area contributed by atoms with Gasteiger partial charge >= 0.3 is 5.97 Å². The SMILES string of the molecule is CCCCCC(OS(C)(=O)=O)C(O)C1C2CC(=O)C(CCCCOCC(=O)O)C21. The number of ketones is 1. The fraction of sp³-hybridized carbons (Fsp3) is 0.900. The molecule has 0 bridgehead atoms. The van der Waals surface area contributed by atoms with E-state index in [0.717, 1.165) is 31.9 Å². The van der Waals surface area contributed by atoms with Crippen LogP contribution in [0, 0.1) is 23.7 Å². The number of aliphatic hydroxyl groups is 1. The second-order valence-electron chi connectivity index (χ2n) is 8.36. The molecule has 0 aromatic carbocycles. The van der Waals surface area contributed by atoms with Crippen LogP contribution in [0.1, 0.15) is 58.3 Å². The summed E-state index contributed by atoms with van der Waals surface area (Å²) in [4.78, 5) is 22.7. The fourth-order valence-corrected chi connectivity index (χ4v) is 5.43. The predicted molar refractivity (Wildman–Crippen MR) is 106 cm³/mol. The summed E-state index contributed by atoms with van der Waals surface area (Å²) in [6.07, 6.45) is 5.12. The van der Waals surface area contributed by atoms with E-state index in [1.807, 2.05) is 0 Å². The zero-order chi connectivity index (χ0) is 21.6. The van der Waals surface area contributed by atoms with E-state index in [9.17, 15) is 23.1 Å². The summed E-state index contributed by atoms with van der Waals surface area (Å²) in [7, 11) is -3.67. The zero-order valence-corrected chi connectivity index (χ0v) is 18.1. The molecule has 168 valence electrons. The van der Waals surface area contributed by atoms with Crippen LogP contribution < -0.4 is 0 Å². The van der Waals surface area contributed by atoms with Crippen LogP contribution in [0.3, 0.4) is 0 Å². The molecule has 0 radical (unpaired) electrons. The van der Waals surface area contributed by atoms with Gasteiger partial charge < -0.3 is 14.9 Å². The molecule has 2 rings (SSSR count). The Bertz CT molecular complexity index is 661. The minimum atomic E-state index is -3.67. The largest absolute Gasteiger partial charge is 0.480 e. The molecule has 0 amide bonds. The average Bonchev–Trinajstić information content (AvgIpc) is 3.21. The highest BCUT2D eigenvalue weighted by atomic mass is 32.2. The molecule has 2 aliphatic carbocycles. The highest BCUT2D eigenvalue weighted by Crippen LogP contribution is 2.62. The van der Waals surface area contributed by atoms with E-state index in [2.05, 4.69) is 6.92 Å². The molecule has 0 aromatic rings. The maximum absolute atomic E-state index is 12.3. The van der Waals surface area contributed by atoms with Crippen molar-refractivity contribution in [2.45, 2.75) is 70.5 Å². The second kappa shape index (κ2) is 10.8. The standard InChI is InChI=1S/C20H34O8S/c1-3-4-5-9-16(28-29(2,25)26)20(24)19-14-11-15(21)13(18(14)19)8-6-7-10-27-12-17(22)23/h13-14,16,18-20,24H,3-12H2,1-2H3,(H,22,23). The summed E-state index contributed by atoms with van der Waals surface area (Å²) in [6.45, 7) is 2.08. The van der Waals surface area contributed by atoms with Crippen molar-refractivity contribution in [3.63, 3.8) is 0 Å². The van der Waals surface area contributed by atoms with Crippen LogP contribution in [0.4, 0.5) is 0 Å². The quantitative estimate of drug-likeness (QED) is 0.296. The maximum atomic E-state index is 12.3. The minimum Gasteiger partial charge on any atom is -0.480 e. The molecular formula is C20H34O8S. The lowest BCUT2D eigenvalue weighted by molar-refractivity contribution is -0.142. The van der Waals surface area contributed by atoms with Gasteiger partial charge in [0.25, 0.3) is 10.1 Å². The number of hydrogen-bond acceptors (Lipinski definition) is 7. The van der Waals surface area contributed by atoms with Crippen molar-refractivity contribution >= 4 is 21.9 Å². The Labute approximate surface area is 173 Å². The molecule has 6 unspecified atom stereocenters. The van der Waals surface area contributed by atoms with Gasteiger partial charge in [-0.3, -0.25) is 8.98 Å². The Balaban J connectivity index is 1.85. The molecule has 2 saturated carbocycles. The van der Waals surface area contributed by atoms with E-state index in [0.29, 0.717) is 32.3 Å².